The Morgan fingerprint density at radius 3 is 2.27 bits per heavy atom. The number of nitrogens with one attached hydrogen (secondary N) is 2. The van der Waals surface area contributed by atoms with Crippen molar-refractivity contribution in [2.75, 3.05) is 18.5 Å². The molecule has 0 aliphatic rings. The molecule has 0 saturated carbocycles. The Morgan fingerprint density at radius 1 is 0.933 bits per heavy atom. The van der Waals surface area contributed by atoms with Crippen LogP contribution in [0.4, 0.5) is 5.69 Å². The van der Waals surface area contributed by atoms with E-state index >= 15 is 0 Å². The molecule has 0 radical (unpaired) electrons. The van der Waals surface area contributed by atoms with Crippen LogP contribution in [0, 0.1) is 0 Å². The van der Waals surface area contributed by atoms with E-state index in [2.05, 4.69) is 15.8 Å². The SMILES string of the molecule is CCOc1ccc(NCC(=O)N/N=C(/C=C/c2ccccc2)c2ccccc2)cc1. The number of carbonyl (C=O) groups excluding carboxylic acids is 1. The summed E-state index contributed by atoms with van der Waals surface area (Å²) in [5.41, 5.74) is 6.12. The summed E-state index contributed by atoms with van der Waals surface area (Å²) in [6, 6.07) is 27.2. The highest BCUT2D eigenvalue weighted by atomic mass is 16.5. The van der Waals surface area contributed by atoms with Crippen LogP contribution in [-0.2, 0) is 4.79 Å². The molecular formula is C25H25N3O2. The third-order valence-electron chi connectivity index (χ3n) is 4.22. The molecule has 2 N–H and O–H groups in total. The molecule has 5 heteroatoms. The first-order valence-corrected chi connectivity index (χ1v) is 9.86. The number of hydrazone groups is 1. The second-order valence-electron chi connectivity index (χ2n) is 6.45. The molecule has 0 fully saturated rings. The van der Waals surface area contributed by atoms with E-state index in [0.29, 0.717) is 12.3 Å². The number of hydrogen-bond donors (Lipinski definition) is 2. The van der Waals surface area contributed by atoms with Gasteiger partial charge in [0.25, 0.3) is 5.91 Å². The van der Waals surface area contributed by atoms with Gasteiger partial charge in [0, 0.05) is 11.3 Å². The maximum absolute atomic E-state index is 12.3. The number of rotatable bonds is 9. The molecule has 0 atom stereocenters. The highest BCUT2D eigenvalue weighted by Gasteiger charge is 2.03. The minimum absolute atomic E-state index is 0.113. The number of nitrogens with zero attached hydrogens (tertiary/aromatic N) is 1. The quantitative estimate of drug-likeness (QED) is 0.404. The zero-order valence-electron chi connectivity index (χ0n) is 16.9. The van der Waals surface area contributed by atoms with Crippen LogP contribution in [0.3, 0.4) is 0 Å². The van der Waals surface area contributed by atoms with Crippen LogP contribution in [0.2, 0.25) is 0 Å². The van der Waals surface area contributed by atoms with E-state index < -0.39 is 0 Å². The van der Waals surface area contributed by atoms with Gasteiger partial charge in [-0.1, -0.05) is 66.7 Å². The molecule has 0 bridgehead atoms. The highest BCUT2D eigenvalue weighted by Crippen LogP contribution is 2.15. The molecule has 0 aliphatic heterocycles. The highest BCUT2D eigenvalue weighted by molar-refractivity contribution is 6.11. The molecule has 152 valence electrons. The molecule has 0 heterocycles. The summed E-state index contributed by atoms with van der Waals surface area (Å²) in [5, 5.41) is 7.41. The largest absolute Gasteiger partial charge is 0.494 e. The van der Waals surface area contributed by atoms with Crippen molar-refractivity contribution in [2.24, 2.45) is 5.10 Å². The summed E-state index contributed by atoms with van der Waals surface area (Å²) in [5.74, 6) is 0.570. The van der Waals surface area contributed by atoms with Crippen LogP contribution in [0.25, 0.3) is 6.08 Å². The Morgan fingerprint density at radius 2 is 1.60 bits per heavy atom. The van der Waals surface area contributed by atoms with Crippen molar-refractivity contribution in [1.29, 1.82) is 0 Å². The predicted octanol–water partition coefficient (Wildman–Crippen LogP) is 4.73. The molecule has 3 aromatic carbocycles. The van der Waals surface area contributed by atoms with Crippen LogP contribution in [0.15, 0.2) is 96.1 Å². The molecule has 0 aliphatic carbocycles. The van der Waals surface area contributed by atoms with Crippen molar-refractivity contribution in [3.05, 3.63) is 102 Å². The van der Waals surface area contributed by atoms with E-state index in [4.69, 9.17) is 4.74 Å². The van der Waals surface area contributed by atoms with E-state index in [9.17, 15) is 4.79 Å². The molecule has 3 aromatic rings. The van der Waals surface area contributed by atoms with Crippen molar-refractivity contribution in [3.8, 4) is 5.75 Å². The van der Waals surface area contributed by atoms with Gasteiger partial charge in [-0.15, -0.1) is 0 Å². The molecule has 3 rings (SSSR count). The molecule has 0 spiro atoms. The normalized spacial score (nSPS) is 11.3. The Labute approximate surface area is 177 Å². The van der Waals surface area contributed by atoms with Crippen molar-refractivity contribution in [1.82, 2.24) is 5.43 Å². The third-order valence-corrected chi connectivity index (χ3v) is 4.22. The van der Waals surface area contributed by atoms with Crippen molar-refractivity contribution < 1.29 is 9.53 Å². The summed E-state index contributed by atoms with van der Waals surface area (Å²) >= 11 is 0. The van der Waals surface area contributed by atoms with Crippen molar-refractivity contribution >= 4 is 23.4 Å². The summed E-state index contributed by atoms with van der Waals surface area (Å²) in [7, 11) is 0. The maximum Gasteiger partial charge on any atom is 0.259 e. The number of allylic oxidation sites excluding steroid dienone is 1. The summed E-state index contributed by atoms with van der Waals surface area (Å²) in [6.07, 6.45) is 3.86. The van der Waals surface area contributed by atoms with Gasteiger partial charge in [-0.2, -0.15) is 5.10 Å². The van der Waals surface area contributed by atoms with Gasteiger partial charge < -0.3 is 10.1 Å². The Hall–Kier alpha value is -3.86. The van der Waals surface area contributed by atoms with E-state index in [-0.39, 0.29) is 12.5 Å². The Bertz CT molecular complexity index is 982. The van der Waals surface area contributed by atoms with Gasteiger partial charge in [-0.05, 0) is 42.8 Å². The average Bonchev–Trinajstić information content (AvgIpc) is 2.80. The zero-order chi connectivity index (χ0) is 21.0. The summed E-state index contributed by atoms with van der Waals surface area (Å²) in [4.78, 5) is 12.3. The lowest BCUT2D eigenvalue weighted by molar-refractivity contribution is -0.119. The van der Waals surface area contributed by atoms with Crippen LogP contribution >= 0.6 is 0 Å². The lowest BCUT2D eigenvalue weighted by atomic mass is 10.1. The van der Waals surface area contributed by atoms with Gasteiger partial charge >= 0.3 is 0 Å². The van der Waals surface area contributed by atoms with Crippen LogP contribution in [-0.4, -0.2) is 24.8 Å². The van der Waals surface area contributed by atoms with Gasteiger partial charge in [0.05, 0.1) is 18.9 Å². The van der Waals surface area contributed by atoms with Crippen LogP contribution in [0.1, 0.15) is 18.1 Å². The number of anilines is 1. The van der Waals surface area contributed by atoms with Gasteiger partial charge in [-0.25, -0.2) is 5.43 Å². The number of carbonyl (C=O) groups is 1. The second-order valence-corrected chi connectivity index (χ2v) is 6.45. The Balaban J connectivity index is 1.63. The van der Waals surface area contributed by atoms with E-state index in [1.165, 1.54) is 0 Å². The molecule has 0 saturated heterocycles. The molecule has 0 unspecified atom stereocenters. The summed E-state index contributed by atoms with van der Waals surface area (Å²) < 4.78 is 5.42. The fourth-order valence-electron chi connectivity index (χ4n) is 2.73. The van der Waals surface area contributed by atoms with Crippen molar-refractivity contribution in [2.45, 2.75) is 6.92 Å². The number of ether oxygens (including phenoxy) is 1. The number of benzene rings is 3. The Kier molecular flexibility index (Phi) is 7.80. The number of hydrogen-bond acceptors (Lipinski definition) is 4. The molecule has 5 nitrogen and oxygen atoms in total. The van der Waals surface area contributed by atoms with E-state index in [0.717, 1.165) is 22.6 Å². The van der Waals surface area contributed by atoms with Crippen molar-refractivity contribution in [3.63, 3.8) is 0 Å². The maximum atomic E-state index is 12.3. The lowest BCUT2D eigenvalue weighted by Gasteiger charge is -2.08. The molecular weight excluding hydrogens is 374 g/mol. The monoisotopic (exact) mass is 399 g/mol. The first kappa shape index (κ1) is 20.9. The topological polar surface area (TPSA) is 62.7 Å². The molecule has 30 heavy (non-hydrogen) atoms. The average molecular weight is 399 g/mol. The van der Waals surface area contributed by atoms with Gasteiger partial charge in [0.15, 0.2) is 0 Å². The fourth-order valence-corrected chi connectivity index (χ4v) is 2.73. The van der Waals surface area contributed by atoms with Crippen LogP contribution in [0.5, 0.6) is 5.75 Å². The van der Waals surface area contributed by atoms with Gasteiger partial charge in [0.2, 0.25) is 0 Å². The fraction of sp³-hybridized carbons (Fsp3) is 0.120. The summed E-state index contributed by atoms with van der Waals surface area (Å²) in [6.45, 7) is 2.67. The molecule has 0 aromatic heterocycles. The standard InChI is InChI=1S/C25H25N3O2/c1-2-30-23-16-14-22(15-17-23)26-19-25(29)28-27-24(21-11-7-4-8-12-21)18-13-20-9-5-3-6-10-20/h3-18,26H,2,19H2,1H3,(H,28,29)/b18-13+,27-24-. The molecule has 1 amide bonds. The van der Waals surface area contributed by atoms with E-state index in [1.807, 2.05) is 104 Å². The van der Waals surface area contributed by atoms with Crippen LogP contribution < -0.4 is 15.5 Å². The minimum atomic E-state index is -0.231. The van der Waals surface area contributed by atoms with Gasteiger partial charge in [-0.3, -0.25) is 4.79 Å². The zero-order valence-corrected chi connectivity index (χ0v) is 16.9. The number of amides is 1. The first-order chi connectivity index (χ1) is 14.7. The first-order valence-electron chi connectivity index (χ1n) is 9.86. The van der Waals surface area contributed by atoms with E-state index in [1.54, 1.807) is 0 Å². The predicted molar refractivity (Wildman–Crippen MR) is 123 cm³/mol. The lowest BCUT2D eigenvalue weighted by Crippen LogP contribution is -2.26. The second kappa shape index (κ2) is 11.2. The third kappa shape index (κ3) is 6.63. The van der Waals surface area contributed by atoms with Gasteiger partial charge in [0.1, 0.15) is 5.75 Å². The smallest absolute Gasteiger partial charge is 0.259 e. The minimum Gasteiger partial charge on any atom is -0.494 e.